The van der Waals surface area contributed by atoms with Crippen molar-refractivity contribution in [2.45, 2.75) is 51.1 Å². The molecule has 1 aromatic carbocycles. The molecule has 0 radical (unpaired) electrons. The van der Waals surface area contributed by atoms with Gasteiger partial charge in [0.05, 0.1) is 7.11 Å². The van der Waals surface area contributed by atoms with Gasteiger partial charge in [-0.25, -0.2) is 0 Å². The Hall–Kier alpha value is -1.35. The molecule has 0 spiro atoms. The Morgan fingerprint density at radius 1 is 1.20 bits per heavy atom. The highest BCUT2D eigenvalue weighted by Gasteiger charge is 2.31. The van der Waals surface area contributed by atoms with Gasteiger partial charge in [-0.15, -0.1) is 0 Å². The number of ether oxygens (including phenoxy) is 1. The van der Waals surface area contributed by atoms with Crippen LogP contribution in [-0.4, -0.2) is 19.1 Å². The molecule has 20 heavy (non-hydrogen) atoms. The van der Waals surface area contributed by atoms with Crippen molar-refractivity contribution in [3.63, 3.8) is 0 Å². The lowest BCUT2D eigenvalue weighted by Gasteiger charge is -2.31. The molecular weight excluding hydrogens is 250 g/mol. The average Bonchev–Trinajstić information content (AvgIpc) is 2.53. The van der Waals surface area contributed by atoms with Gasteiger partial charge in [0, 0.05) is 6.04 Å². The lowest BCUT2D eigenvalue weighted by Crippen LogP contribution is -2.45. The molecule has 1 aromatic rings. The van der Waals surface area contributed by atoms with E-state index < -0.39 is 0 Å². The summed E-state index contributed by atoms with van der Waals surface area (Å²) in [5.41, 5.74) is 1.21. The van der Waals surface area contributed by atoms with Crippen LogP contribution >= 0.6 is 0 Å². The quantitative estimate of drug-likeness (QED) is 0.836. The number of carbonyl (C=O) groups excluding carboxylic acids is 1. The van der Waals surface area contributed by atoms with Crippen LogP contribution in [0.3, 0.4) is 0 Å². The number of rotatable bonds is 5. The van der Waals surface area contributed by atoms with Crippen LogP contribution in [0.1, 0.15) is 50.6 Å². The van der Waals surface area contributed by atoms with E-state index in [0.29, 0.717) is 5.92 Å². The second kappa shape index (κ2) is 7.44. The summed E-state index contributed by atoms with van der Waals surface area (Å²) in [6.07, 6.45) is 5.97. The topological polar surface area (TPSA) is 38.3 Å². The first-order valence-electron chi connectivity index (χ1n) is 7.61. The summed E-state index contributed by atoms with van der Waals surface area (Å²) < 4.78 is 5.00. The van der Waals surface area contributed by atoms with Crippen LogP contribution < -0.4 is 5.32 Å². The maximum atomic E-state index is 12.1. The summed E-state index contributed by atoms with van der Waals surface area (Å²) in [7, 11) is 1.48. The van der Waals surface area contributed by atoms with E-state index in [1.807, 2.05) is 18.2 Å². The van der Waals surface area contributed by atoms with E-state index in [4.69, 9.17) is 4.74 Å². The summed E-state index contributed by atoms with van der Waals surface area (Å²) in [6, 6.07) is 10.2. The van der Waals surface area contributed by atoms with Gasteiger partial charge in [0.25, 0.3) is 0 Å². The molecule has 2 atom stereocenters. The zero-order chi connectivity index (χ0) is 14.4. The Kier molecular flexibility index (Phi) is 5.60. The van der Waals surface area contributed by atoms with E-state index in [-0.39, 0.29) is 18.1 Å². The normalized spacial score (nSPS) is 19.3. The second-order valence-corrected chi connectivity index (χ2v) is 5.70. The molecule has 0 saturated heterocycles. The van der Waals surface area contributed by atoms with Gasteiger partial charge in [-0.3, -0.25) is 10.1 Å². The third-order valence-electron chi connectivity index (χ3n) is 4.31. The molecule has 0 aliphatic heterocycles. The van der Waals surface area contributed by atoms with Gasteiger partial charge in [0.2, 0.25) is 0 Å². The highest BCUT2D eigenvalue weighted by Crippen LogP contribution is 2.28. The minimum Gasteiger partial charge on any atom is -0.468 e. The standard InChI is InChI=1S/C17H25NO2/c1-13(14-9-5-3-6-10-14)18-16(17(19)20-2)15-11-7-4-8-12-15/h3,5-6,9-10,13,15-16,18H,4,7-8,11-12H2,1-2H3/t13-,16-/m0/s1. The highest BCUT2D eigenvalue weighted by molar-refractivity contribution is 5.76. The van der Waals surface area contributed by atoms with Crippen molar-refractivity contribution in [1.82, 2.24) is 5.32 Å². The van der Waals surface area contributed by atoms with Crippen LogP contribution in [0.25, 0.3) is 0 Å². The molecule has 0 unspecified atom stereocenters. The number of carbonyl (C=O) groups is 1. The molecule has 0 bridgehead atoms. The summed E-state index contributed by atoms with van der Waals surface area (Å²) in [4.78, 5) is 12.1. The van der Waals surface area contributed by atoms with Crippen LogP contribution in [-0.2, 0) is 9.53 Å². The third-order valence-corrected chi connectivity index (χ3v) is 4.31. The smallest absolute Gasteiger partial charge is 0.323 e. The lowest BCUT2D eigenvalue weighted by atomic mass is 9.83. The number of esters is 1. The first-order chi connectivity index (χ1) is 9.72. The summed E-state index contributed by atoms with van der Waals surface area (Å²) in [5, 5.41) is 3.48. The number of benzene rings is 1. The Balaban J connectivity index is 2.05. The molecule has 0 aromatic heterocycles. The van der Waals surface area contributed by atoms with Gasteiger partial charge in [0.1, 0.15) is 6.04 Å². The zero-order valence-corrected chi connectivity index (χ0v) is 12.5. The predicted molar refractivity (Wildman–Crippen MR) is 80.4 cm³/mol. The van der Waals surface area contributed by atoms with Crippen LogP contribution in [0.15, 0.2) is 30.3 Å². The number of nitrogens with one attached hydrogen (secondary N) is 1. The molecule has 1 N–H and O–H groups in total. The largest absolute Gasteiger partial charge is 0.468 e. The molecule has 1 aliphatic rings. The Morgan fingerprint density at radius 2 is 1.85 bits per heavy atom. The minimum absolute atomic E-state index is 0.125. The lowest BCUT2D eigenvalue weighted by molar-refractivity contribution is -0.145. The van der Waals surface area contributed by atoms with Crippen molar-refractivity contribution in [3.8, 4) is 0 Å². The number of hydrogen-bond donors (Lipinski definition) is 1. The van der Waals surface area contributed by atoms with Gasteiger partial charge in [-0.2, -0.15) is 0 Å². The van der Waals surface area contributed by atoms with Crippen molar-refractivity contribution in [1.29, 1.82) is 0 Å². The molecule has 1 fully saturated rings. The molecule has 3 nitrogen and oxygen atoms in total. The first-order valence-corrected chi connectivity index (χ1v) is 7.61. The Bertz CT molecular complexity index is 412. The SMILES string of the molecule is COC(=O)[C@@H](N[C@@H](C)c1ccccc1)C1CCCCC1. The summed E-state index contributed by atoms with van der Waals surface area (Å²) in [5.74, 6) is 0.280. The van der Waals surface area contributed by atoms with Crippen molar-refractivity contribution in [3.05, 3.63) is 35.9 Å². The van der Waals surface area contributed by atoms with Gasteiger partial charge < -0.3 is 4.74 Å². The molecule has 1 aliphatic carbocycles. The van der Waals surface area contributed by atoms with Crippen molar-refractivity contribution >= 4 is 5.97 Å². The number of methoxy groups -OCH3 is 1. The molecule has 110 valence electrons. The highest BCUT2D eigenvalue weighted by atomic mass is 16.5. The maximum absolute atomic E-state index is 12.1. The summed E-state index contributed by atoms with van der Waals surface area (Å²) in [6.45, 7) is 2.11. The molecule has 2 rings (SSSR count). The monoisotopic (exact) mass is 275 g/mol. The number of hydrogen-bond acceptors (Lipinski definition) is 3. The minimum atomic E-state index is -0.185. The van der Waals surface area contributed by atoms with Gasteiger partial charge in [0.15, 0.2) is 0 Å². The van der Waals surface area contributed by atoms with Crippen molar-refractivity contribution in [2.24, 2.45) is 5.92 Å². The van der Waals surface area contributed by atoms with E-state index in [0.717, 1.165) is 12.8 Å². The van der Waals surface area contributed by atoms with Crippen LogP contribution in [0.2, 0.25) is 0 Å². The van der Waals surface area contributed by atoms with Gasteiger partial charge >= 0.3 is 5.97 Å². The maximum Gasteiger partial charge on any atom is 0.323 e. The molecule has 1 saturated carbocycles. The van der Waals surface area contributed by atoms with E-state index >= 15 is 0 Å². The van der Waals surface area contributed by atoms with Crippen LogP contribution in [0.4, 0.5) is 0 Å². The van der Waals surface area contributed by atoms with E-state index in [1.165, 1.54) is 31.9 Å². The predicted octanol–water partition coefficient (Wildman–Crippen LogP) is 3.46. The van der Waals surface area contributed by atoms with Gasteiger partial charge in [-0.05, 0) is 31.2 Å². The zero-order valence-electron chi connectivity index (χ0n) is 12.5. The Labute approximate surface area is 121 Å². The van der Waals surface area contributed by atoms with E-state index in [1.54, 1.807) is 0 Å². The Morgan fingerprint density at radius 3 is 2.45 bits per heavy atom. The third kappa shape index (κ3) is 3.83. The van der Waals surface area contributed by atoms with E-state index in [2.05, 4.69) is 24.4 Å². The fourth-order valence-electron chi connectivity index (χ4n) is 3.10. The fourth-order valence-corrected chi connectivity index (χ4v) is 3.10. The first kappa shape index (κ1) is 15.0. The van der Waals surface area contributed by atoms with Crippen LogP contribution in [0.5, 0.6) is 0 Å². The summed E-state index contributed by atoms with van der Waals surface area (Å²) >= 11 is 0. The van der Waals surface area contributed by atoms with E-state index in [9.17, 15) is 4.79 Å². The second-order valence-electron chi connectivity index (χ2n) is 5.70. The van der Waals surface area contributed by atoms with Gasteiger partial charge in [-0.1, -0.05) is 49.6 Å². The average molecular weight is 275 g/mol. The fraction of sp³-hybridized carbons (Fsp3) is 0.588. The molecule has 3 heteroatoms. The molecule has 0 amide bonds. The molecular formula is C17H25NO2. The van der Waals surface area contributed by atoms with Crippen molar-refractivity contribution in [2.75, 3.05) is 7.11 Å². The van der Waals surface area contributed by atoms with Crippen LogP contribution in [0, 0.1) is 5.92 Å². The molecule has 0 heterocycles. The van der Waals surface area contributed by atoms with Crippen molar-refractivity contribution < 1.29 is 9.53 Å².